The molecule has 9 heteroatoms. The zero-order valence-corrected chi connectivity index (χ0v) is 29.0. The first-order valence-corrected chi connectivity index (χ1v) is 19.2. The molecule has 0 heterocycles. The Hall–Kier alpha value is -1.47. The molecule has 0 bridgehead atoms. The number of phosphoric ester groups is 1. The third kappa shape index (κ3) is 33.4. The van der Waals surface area contributed by atoms with Crippen LogP contribution in [-0.2, 0) is 28.2 Å². The van der Waals surface area contributed by atoms with Crippen molar-refractivity contribution < 1.29 is 37.9 Å². The first kappa shape index (κ1) is 42.5. The summed E-state index contributed by atoms with van der Waals surface area (Å²) in [6, 6.07) is 0. The van der Waals surface area contributed by atoms with E-state index in [1.165, 1.54) is 77.0 Å². The molecule has 8 nitrogen and oxygen atoms in total. The number of rotatable bonds is 32. The van der Waals surface area contributed by atoms with Crippen LogP contribution < -0.4 is 0 Å². The molecule has 0 aliphatic carbocycles. The maximum atomic E-state index is 12.3. The van der Waals surface area contributed by atoms with Crippen LogP contribution >= 0.6 is 7.82 Å². The van der Waals surface area contributed by atoms with E-state index < -0.39 is 32.5 Å². The predicted octanol–water partition coefficient (Wildman–Crippen LogP) is 10.1. The van der Waals surface area contributed by atoms with Crippen molar-refractivity contribution in [3.63, 3.8) is 0 Å². The fraction of sp³-hybridized carbons (Fsp3) is 0.829. The summed E-state index contributed by atoms with van der Waals surface area (Å²) in [5.41, 5.74) is 0. The Morgan fingerprint density at radius 3 is 1.55 bits per heavy atom. The van der Waals surface area contributed by atoms with Gasteiger partial charge in [-0.1, -0.05) is 134 Å². The Balaban J connectivity index is 3.91. The number of carbonyl (C=O) groups is 2. The second-order valence-electron chi connectivity index (χ2n) is 11.8. The number of hydrogen-bond donors (Lipinski definition) is 2. The van der Waals surface area contributed by atoms with Crippen molar-refractivity contribution in [2.24, 2.45) is 0 Å². The molecule has 0 saturated carbocycles. The van der Waals surface area contributed by atoms with Gasteiger partial charge in [-0.3, -0.25) is 14.1 Å². The molecule has 0 fully saturated rings. The van der Waals surface area contributed by atoms with E-state index in [2.05, 4.69) is 42.7 Å². The first-order chi connectivity index (χ1) is 21.3. The lowest BCUT2D eigenvalue weighted by Crippen LogP contribution is -2.29. The van der Waals surface area contributed by atoms with E-state index >= 15 is 0 Å². The molecular weight excluding hydrogens is 579 g/mol. The zero-order chi connectivity index (χ0) is 32.6. The van der Waals surface area contributed by atoms with E-state index in [1.54, 1.807) is 0 Å². The summed E-state index contributed by atoms with van der Waals surface area (Å²) in [4.78, 5) is 42.4. The molecule has 0 aromatic carbocycles. The fourth-order valence-electron chi connectivity index (χ4n) is 4.81. The molecule has 44 heavy (non-hydrogen) atoms. The Bertz CT molecular complexity index is 777. The summed E-state index contributed by atoms with van der Waals surface area (Å²) in [7, 11) is -4.74. The van der Waals surface area contributed by atoms with Gasteiger partial charge in [-0.05, 0) is 44.9 Å². The smallest absolute Gasteiger partial charge is 0.462 e. The number of unbranched alkanes of at least 4 members (excludes halogenated alkanes) is 18. The van der Waals surface area contributed by atoms with E-state index in [0.29, 0.717) is 6.42 Å². The van der Waals surface area contributed by atoms with Crippen molar-refractivity contribution in [3.05, 3.63) is 24.3 Å². The lowest BCUT2D eigenvalue weighted by molar-refractivity contribution is -0.161. The lowest BCUT2D eigenvalue weighted by atomic mass is 10.1. The molecule has 0 aliphatic heterocycles. The van der Waals surface area contributed by atoms with Crippen LogP contribution in [0.25, 0.3) is 0 Å². The highest BCUT2D eigenvalue weighted by molar-refractivity contribution is 7.46. The minimum absolute atomic E-state index is 0.209. The standard InChI is InChI=1S/C35H65O8P/c1-3-5-7-9-11-12-13-14-15-16-17-18-19-20-21-22-24-26-28-30-35(37)43-33(32-42-44(38,39)40)31-41-34(36)29-27-25-23-10-8-6-4-2/h11-12,14-15,33H,3-10,13,16-32H2,1-2H3,(H2,38,39,40)/b12-11+,15-14+/t33-/m1/s1. The molecule has 1 atom stereocenters. The Kier molecular flexibility index (Phi) is 30.5. The molecule has 0 aromatic rings. The molecule has 0 unspecified atom stereocenters. The van der Waals surface area contributed by atoms with Crippen LogP contribution in [0.15, 0.2) is 24.3 Å². The monoisotopic (exact) mass is 644 g/mol. The quantitative estimate of drug-likeness (QED) is 0.0321. The second kappa shape index (κ2) is 31.5. The highest BCUT2D eigenvalue weighted by atomic mass is 31.2. The lowest BCUT2D eigenvalue weighted by Gasteiger charge is -2.18. The normalized spacial score (nSPS) is 12.7. The molecule has 258 valence electrons. The third-order valence-corrected chi connectivity index (χ3v) is 7.96. The van der Waals surface area contributed by atoms with E-state index in [9.17, 15) is 14.2 Å². The largest absolute Gasteiger partial charge is 0.469 e. The molecular formula is C35H65O8P. The van der Waals surface area contributed by atoms with Crippen LogP contribution in [0.5, 0.6) is 0 Å². The van der Waals surface area contributed by atoms with Crippen LogP contribution in [0.3, 0.4) is 0 Å². The van der Waals surface area contributed by atoms with Gasteiger partial charge in [-0.15, -0.1) is 0 Å². The van der Waals surface area contributed by atoms with Gasteiger partial charge >= 0.3 is 19.8 Å². The molecule has 0 aliphatic rings. The summed E-state index contributed by atoms with van der Waals surface area (Å²) in [5.74, 6) is -0.895. The Labute approximate surface area is 269 Å². The minimum Gasteiger partial charge on any atom is -0.462 e. The van der Waals surface area contributed by atoms with Crippen LogP contribution in [0, 0.1) is 0 Å². The van der Waals surface area contributed by atoms with Crippen molar-refractivity contribution in [2.75, 3.05) is 13.2 Å². The van der Waals surface area contributed by atoms with Crippen LogP contribution in [0.1, 0.15) is 168 Å². The van der Waals surface area contributed by atoms with Gasteiger partial charge in [-0.25, -0.2) is 4.57 Å². The number of phosphoric acid groups is 1. The van der Waals surface area contributed by atoms with Gasteiger partial charge < -0.3 is 19.3 Å². The van der Waals surface area contributed by atoms with Gasteiger partial charge in [0.05, 0.1) is 6.61 Å². The summed E-state index contributed by atoms with van der Waals surface area (Å²) in [6.45, 7) is 3.59. The van der Waals surface area contributed by atoms with E-state index in [4.69, 9.17) is 19.3 Å². The topological polar surface area (TPSA) is 119 Å². The SMILES string of the molecule is CCCCC/C=C/C/C=C/CCCCCCCCCCCC(=O)O[C@H](COC(=O)CCCCCCCCC)COP(=O)(O)O. The molecule has 0 amide bonds. The number of hydrogen-bond acceptors (Lipinski definition) is 6. The van der Waals surface area contributed by atoms with Crippen LogP contribution in [0.4, 0.5) is 0 Å². The summed E-state index contributed by atoms with van der Waals surface area (Å²) in [5, 5.41) is 0. The zero-order valence-electron chi connectivity index (χ0n) is 28.1. The van der Waals surface area contributed by atoms with Gasteiger partial charge in [0.1, 0.15) is 6.61 Å². The second-order valence-corrected chi connectivity index (χ2v) is 13.1. The van der Waals surface area contributed by atoms with Crippen molar-refractivity contribution in [3.8, 4) is 0 Å². The summed E-state index contributed by atoms with van der Waals surface area (Å²) < 4.78 is 26.1. The van der Waals surface area contributed by atoms with Gasteiger partial charge in [0.15, 0.2) is 6.10 Å². The fourth-order valence-corrected chi connectivity index (χ4v) is 5.17. The van der Waals surface area contributed by atoms with Crippen molar-refractivity contribution in [2.45, 2.75) is 174 Å². The number of esters is 2. The summed E-state index contributed by atoms with van der Waals surface area (Å²) in [6.07, 6.45) is 33.5. The maximum Gasteiger partial charge on any atom is 0.469 e. The van der Waals surface area contributed by atoms with E-state index in [-0.39, 0.29) is 19.4 Å². The molecule has 0 aromatic heterocycles. The van der Waals surface area contributed by atoms with E-state index in [1.807, 2.05) is 0 Å². The van der Waals surface area contributed by atoms with Gasteiger partial charge in [-0.2, -0.15) is 0 Å². The number of carbonyl (C=O) groups excluding carboxylic acids is 2. The molecule has 0 spiro atoms. The molecule has 0 radical (unpaired) electrons. The number of ether oxygens (including phenoxy) is 2. The summed E-state index contributed by atoms with van der Waals surface area (Å²) >= 11 is 0. The first-order valence-electron chi connectivity index (χ1n) is 17.6. The van der Waals surface area contributed by atoms with Crippen molar-refractivity contribution in [1.29, 1.82) is 0 Å². The molecule has 0 rings (SSSR count). The third-order valence-electron chi connectivity index (χ3n) is 7.47. The average molecular weight is 645 g/mol. The Morgan fingerprint density at radius 1 is 0.591 bits per heavy atom. The van der Waals surface area contributed by atoms with Crippen molar-refractivity contribution >= 4 is 19.8 Å². The van der Waals surface area contributed by atoms with E-state index in [0.717, 1.165) is 57.8 Å². The minimum atomic E-state index is -4.74. The maximum absolute atomic E-state index is 12.3. The highest BCUT2D eigenvalue weighted by Gasteiger charge is 2.22. The predicted molar refractivity (Wildman–Crippen MR) is 179 cm³/mol. The Morgan fingerprint density at radius 2 is 1.02 bits per heavy atom. The van der Waals surface area contributed by atoms with Gasteiger partial charge in [0, 0.05) is 12.8 Å². The van der Waals surface area contributed by atoms with Crippen LogP contribution in [-0.4, -0.2) is 41.0 Å². The molecule has 0 saturated heterocycles. The molecule has 2 N–H and O–H groups in total. The van der Waals surface area contributed by atoms with Gasteiger partial charge in [0.2, 0.25) is 0 Å². The average Bonchev–Trinajstić information content (AvgIpc) is 2.98. The number of allylic oxidation sites excluding steroid dienone is 4. The van der Waals surface area contributed by atoms with Gasteiger partial charge in [0.25, 0.3) is 0 Å². The highest BCUT2D eigenvalue weighted by Crippen LogP contribution is 2.36. The van der Waals surface area contributed by atoms with Crippen molar-refractivity contribution in [1.82, 2.24) is 0 Å². The van der Waals surface area contributed by atoms with Crippen LogP contribution in [0.2, 0.25) is 0 Å².